The van der Waals surface area contributed by atoms with Crippen LogP contribution in [0, 0.1) is 17.2 Å². The van der Waals surface area contributed by atoms with Gasteiger partial charge in [0, 0.05) is 19.0 Å². The molecule has 4 nitrogen and oxygen atoms in total. The Hall–Kier alpha value is -1.37. The summed E-state index contributed by atoms with van der Waals surface area (Å²) in [6.07, 6.45) is 2.37. The standard InChI is InChI=1S/C9H12N2O2/c10-4-1-9(13)11-5-2-8(7-12)3-6-11/h7-8H,1-3,5-6H2. The normalized spacial score (nSPS) is 17.9. The fourth-order valence-corrected chi connectivity index (χ4v) is 1.46. The summed E-state index contributed by atoms with van der Waals surface area (Å²) in [5.74, 6) is -0.0158. The van der Waals surface area contributed by atoms with Gasteiger partial charge in [-0.1, -0.05) is 0 Å². The summed E-state index contributed by atoms with van der Waals surface area (Å²) in [5.41, 5.74) is 0. The predicted octanol–water partition coefficient (Wildman–Crippen LogP) is 0.338. The molecule has 0 atom stereocenters. The quantitative estimate of drug-likeness (QED) is 0.575. The van der Waals surface area contributed by atoms with Gasteiger partial charge in [-0.3, -0.25) is 4.79 Å². The maximum absolute atomic E-state index is 11.2. The monoisotopic (exact) mass is 180 g/mol. The molecule has 0 unspecified atom stereocenters. The van der Waals surface area contributed by atoms with Crippen LogP contribution >= 0.6 is 0 Å². The molecule has 1 saturated heterocycles. The Morgan fingerprint density at radius 3 is 2.62 bits per heavy atom. The zero-order valence-corrected chi connectivity index (χ0v) is 7.40. The molecule has 0 bridgehead atoms. The zero-order valence-electron chi connectivity index (χ0n) is 7.40. The lowest BCUT2D eigenvalue weighted by Gasteiger charge is -2.28. The Balaban J connectivity index is 2.37. The van der Waals surface area contributed by atoms with Crippen LogP contribution in [0.2, 0.25) is 0 Å². The van der Waals surface area contributed by atoms with Crippen molar-refractivity contribution in [3.05, 3.63) is 0 Å². The van der Waals surface area contributed by atoms with E-state index in [1.807, 2.05) is 6.07 Å². The minimum absolute atomic E-state index is 0.0498. The van der Waals surface area contributed by atoms with Gasteiger partial charge in [0.2, 0.25) is 5.91 Å². The Kier molecular flexibility index (Phi) is 3.44. The van der Waals surface area contributed by atoms with E-state index in [2.05, 4.69) is 0 Å². The van der Waals surface area contributed by atoms with Crippen LogP contribution in [0.15, 0.2) is 0 Å². The van der Waals surface area contributed by atoms with Crippen LogP contribution in [0.25, 0.3) is 0 Å². The highest BCUT2D eigenvalue weighted by Crippen LogP contribution is 2.15. The van der Waals surface area contributed by atoms with Crippen molar-refractivity contribution >= 4 is 12.2 Å². The molecule has 0 spiro atoms. The van der Waals surface area contributed by atoms with Crippen LogP contribution in [0.3, 0.4) is 0 Å². The highest BCUT2D eigenvalue weighted by Gasteiger charge is 2.21. The molecule has 13 heavy (non-hydrogen) atoms. The summed E-state index contributed by atoms with van der Waals surface area (Å²) in [6.45, 7) is 1.23. The first-order chi connectivity index (χ1) is 6.27. The lowest BCUT2D eigenvalue weighted by atomic mass is 9.98. The average Bonchev–Trinajstić information content (AvgIpc) is 2.18. The smallest absolute Gasteiger partial charge is 0.236 e. The second kappa shape index (κ2) is 4.61. The molecule has 0 aromatic rings. The van der Waals surface area contributed by atoms with Crippen LogP contribution in [0.4, 0.5) is 0 Å². The molecular weight excluding hydrogens is 168 g/mol. The lowest BCUT2D eigenvalue weighted by Crippen LogP contribution is -2.38. The third kappa shape index (κ3) is 2.55. The van der Waals surface area contributed by atoms with E-state index >= 15 is 0 Å². The maximum Gasteiger partial charge on any atom is 0.236 e. The van der Waals surface area contributed by atoms with Crippen molar-refractivity contribution in [3.8, 4) is 6.07 Å². The summed E-state index contributed by atoms with van der Waals surface area (Å²) < 4.78 is 0. The number of nitriles is 1. The van der Waals surface area contributed by atoms with E-state index in [1.165, 1.54) is 0 Å². The van der Waals surface area contributed by atoms with E-state index < -0.39 is 0 Å². The first-order valence-electron chi connectivity index (χ1n) is 4.38. The van der Waals surface area contributed by atoms with Crippen molar-refractivity contribution in [2.45, 2.75) is 19.3 Å². The second-order valence-electron chi connectivity index (χ2n) is 3.19. The fourth-order valence-electron chi connectivity index (χ4n) is 1.46. The summed E-state index contributed by atoms with van der Waals surface area (Å²) >= 11 is 0. The minimum atomic E-state index is -0.119. The second-order valence-corrected chi connectivity index (χ2v) is 3.19. The molecule has 0 aromatic carbocycles. The molecular formula is C9H12N2O2. The van der Waals surface area contributed by atoms with Gasteiger partial charge in [-0.25, -0.2) is 0 Å². The van der Waals surface area contributed by atoms with Gasteiger partial charge in [0.1, 0.15) is 12.7 Å². The van der Waals surface area contributed by atoms with Crippen molar-refractivity contribution in [1.82, 2.24) is 4.90 Å². The average molecular weight is 180 g/mol. The molecule has 70 valence electrons. The number of carbonyl (C=O) groups is 2. The van der Waals surface area contributed by atoms with Gasteiger partial charge in [0.25, 0.3) is 0 Å². The van der Waals surface area contributed by atoms with Gasteiger partial charge in [-0.15, -0.1) is 0 Å². The van der Waals surface area contributed by atoms with Crippen LogP contribution in [-0.2, 0) is 9.59 Å². The third-order valence-electron chi connectivity index (χ3n) is 2.32. The number of carbonyl (C=O) groups excluding carboxylic acids is 2. The molecule has 1 rings (SSSR count). The highest BCUT2D eigenvalue weighted by molar-refractivity contribution is 5.78. The minimum Gasteiger partial charge on any atom is -0.342 e. The summed E-state index contributed by atoms with van der Waals surface area (Å²) in [4.78, 5) is 23.3. The third-order valence-corrected chi connectivity index (χ3v) is 2.32. The summed E-state index contributed by atoms with van der Waals surface area (Å²) in [5, 5.41) is 8.31. The molecule has 1 amide bonds. The molecule has 0 aromatic heterocycles. The van der Waals surface area contributed by atoms with Gasteiger partial charge in [-0.2, -0.15) is 5.26 Å². The Bertz CT molecular complexity index is 236. The first kappa shape index (κ1) is 9.72. The number of nitrogens with zero attached hydrogens (tertiary/aromatic N) is 2. The topological polar surface area (TPSA) is 61.2 Å². The van der Waals surface area contributed by atoms with Gasteiger partial charge in [0.05, 0.1) is 6.07 Å². The van der Waals surface area contributed by atoms with Crippen LogP contribution < -0.4 is 0 Å². The number of piperidine rings is 1. The van der Waals surface area contributed by atoms with Crippen molar-refractivity contribution < 1.29 is 9.59 Å². The SMILES string of the molecule is N#CCC(=O)N1CCC(C=O)CC1. The Labute approximate surface area is 77.1 Å². The molecule has 0 N–H and O–H groups in total. The summed E-state index contributed by atoms with van der Waals surface area (Å²) in [6, 6.07) is 1.83. The fraction of sp³-hybridized carbons (Fsp3) is 0.667. The van der Waals surface area contributed by atoms with E-state index in [4.69, 9.17) is 5.26 Å². The van der Waals surface area contributed by atoms with Crippen LogP contribution in [0.1, 0.15) is 19.3 Å². The first-order valence-corrected chi connectivity index (χ1v) is 4.38. The molecule has 0 radical (unpaired) electrons. The van der Waals surface area contributed by atoms with Crippen molar-refractivity contribution in [2.75, 3.05) is 13.1 Å². The molecule has 1 aliphatic rings. The van der Waals surface area contributed by atoms with Crippen molar-refractivity contribution in [1.29, 1.82) is 5.26 Å². The van der Waals surface area contributed by atoms with Gasteiger partial charge < -0.3 is 9.69 Å². The van der Waals surface area contributed by atoms with Gasteiger partial charge in [-0.05, 0) is 12.8 Å². The molecule has 4 heteroatoms. The number of rotatable bonds is 2. The molecule has 0 saturated carbocycles. The molecule has 1 aliphatic heterocycles. The number of amides is 1. The van der Waals surface area contributed by atoms with E-state index in [1.54, 1.807) is 4.90 Å². The molecule has 0 aliphatic carbocycles. The number of likely N-dealkylation sites (tertiary alicyclic amines) is 1. The molecule has 1 fully saturated rings. The Morgan fingerprint density at radius 1 is 1.54 bits per heavy atom. The van der Waals surface area contributed by atoms with E-state index in [-0.39, 0.29) is 18.2 Å². The van der Waals surface area contributed by atoms with Gasteiger partial charge in [0.15, 0.2) is 0 Å². The lowest BCUT2D eigenvalue weighted by molar-refractivity contribution is -0.132. The van der Waals surface area contributed by atoms with E-state index in [9.17, 15) is 9.59 Å². The largest absolute Gasteiger partial charge is 0.342 e. The van der Waals surface area contributed by atoms with Crippen LogP contribution in [0.5, 0.6) is 0 Å². The maximum atomic E-state index is 11.2. The zero-order chi connectivity index (χ0) is 9.68. The number of hydrogen-bond acceptors (Lipinski definition) is 3. The van der Waals surface area contributed by atoms with E-state index in [0.29, 0.717) is 13.1 Å². The van der Waals surface area contributed by atoms with Crippen molar-refractivity contribution in [3.63, 3.8) is 0 Å². The number of hydrogen-bond donors (Lipinski definition) is 0. The van der Waals surface area contributed by atoms with Crippen molar-refractivity contribution in [2.24, 2.45) is 5.92 Å². The molecule has 1 heterocycles. The number of aldehydes is 1. The van der Waals surface area contributed by atoms with E-state index in [0.717, 1.165) is 19.1 Å². The highest BCUT2D eigenvalue weighted by atomic mass is 16.2. The van der Waals surface area contributed by atoms with Crippen LogP contribution in [-0.4, -0.2) is 30.2 Å². The Morgan fingerprint density at radius 2 is 2.15 bits per heavy atom. The summed E-state index contributed by atoms with van der Waals surface area (Å²) in [7, 11) is 0. The predicted molar refractivity (Wildman–Crippen MR) is 45.6 cm³/mol. The van der Waals surface area contributed by atoms with Gasteiger partial charge >= 0.3 is 0 Å².